The van der Waals surface area contributed by atoms with Gasteiger partial charge in [-0.1, -0.05) is 18.2 Å². The van der Waals surface area contributed by atoms with Gasteiger partial charge in [-0.15, -0.1) is 0 Å². The number of benzene rings is 3. The van der Waals surface area contributed by atoms with E-state index in [1.165, 1.54) is 26.0 Å². The summed E-state index contributed by atoms with van der Waals surface area (Å²) in [6, 6.07) is 20.8. The number of nitrogens with one attached hydrogen (secondary N) is 2. The number of hydrogen-bond acceptors (Lipinski definition) is 7. The van der Waals surface area contributed by atoms with Crippen LogP contribution < -0.4 is 24.8 Å². The molecule has 214 valence electrons. The van der Waals surface area contributed by atoms with Crippen molar-refractivity contribution in [3.8, 4) is 23.0 Å². The van der Waals surface area contributed by atoms with Crippen LogP contribution in [0.1, 0.15) is 54.3 Å². The molecule has 0 fully saturated rings. The summed E-state index contributed by atoms with van der Waals surface area (Å²) in [6.45, 7) is 0. The molecule has 42 heavy (non-hydrogen) atoms. The summed E-state index contributed by atoms with van der Waals surface area (Å²) in [6.07, 6.45) is 3.82. The molecule has 1 heterocycles. The lowest BCUT2D eigenvalue weighted by atomic mass is 9.88. The highest BCUT2D eigenvalue weighted by Gasteiger charge is 2.22. The number of nitrogens with zero attached hydrogens (tertiary/aromatic N) is 1. The monoisotopic (exact) mass is 565 g/mol. The normalized spacial score (nSPS) is 13.8. The topological polar surface area (TPSA) is 116 Å². The highest BCUT2D eigenvalue weighted by molar-refractivity contribution is 6.11. The lowest BCUT2D eigenvalue weighted by Gasteiger charge is -2.26. The Labute approximate surface area is 243 Å². The van der Waals surface area contributed by atoms with Crippen molar-refractivity contribution in [2.45, 2.75) is 25.3 Å². The number of amides is 2. The van der Waals surface area contributed by atoms with Crippen LogP contribution in [0.3, 0.4) is 0 Å². The molecule has 1 aliphatic carbocycles. The Kier molecular flexibility index (Phi) is 8.47. The molecule has 1 aromatic heterocycles. The van der Waals surface area contributed by atoms with Gasteiger partial charge in [0.1, 0.15) is 28.7 Å². The van der Waals surface area contributed by atoms with E-state index in [9.17, 15) is 14.4 Å². The molecular formula is C33H31N3O6. The van der Waals surface area contributed by atoms with Crippen molar-refractivity contribution in [2.75, 3.05) is 21.3 Å². The van der Waals surface area contributed by atoms with Crippen molar-refractivity contribution in [1.29, 1.82) is 0 Å². The summed E-state index contributed by atoms with van der Waals surface area (Å²) < 4.78 is 16.6. The third-order valence-electron chi connectivity index (χ3n) is 7.23. The van der Waals surface area contributed by atoms with Gasteiger partial charge >= 0.3 is 0 Å². The van der Waals surface area contributed by atoms with Crippen LogP contribution in [0.5, 0.6) is 23.0 Å². The summed E-state index contributed by atoms with van der Waals surface area (Å²) in [7, 11) is 4.59. The zero-order chi connectivity index (χ0) is 29.6. The number of ketones is 1. The molecule has 0 radical (unpaired) electrons. The van der Waals surface area contributed by atoms with Crippen LogP contribution in [0.4, 0.5) is 0 Å². The number of pyridine rings is 1. The predicted molar refractivity (Wildman–Crippen MR) is 157 cm³/mol. The van der Waals surface area contributed by atoms with Crippen LogP contribution in [0.25, 0.3) is 0 Å². The van der Waals surface area contributed by atoms with Gasteiger partial charge in [-0.05, 0) is 78.9 Å². The van der Waals surface area contributed by atoms with E-state index in [2.05, 4.69) is 15.6 Å². The standard InChI is InChI=1S/C33H31N3O6/c1-34-33(39)29-19-27(14-15-35-29)42-26-11-9-20-8-10-24(16-23(20)17-26)36-32(38)22-6-4-21(5-7-22)31(37)28-18-25(40-2)12-13-30(28)41-3/h4-7,9,11-15,17-19,24H,8,10,16H2,1-3H3,(H,34,39)(H,36,38). The molecule has 1 unspecified atom stereocenters. The molecule has 2 N–H and O–H groups in total. The van der Waals surface area contributed by atoms with E-state index >= 15 is 0 Å². The van der Waals surface area contributed by atoms with Gasteiger partial charge in [0.2, 0.25) is 0 Å². The fourth-order valence-electron chi connectivity index (χ4n) is 4.97. The van der Waals surface area contributed by atoms with Gasteiger partial charge in [-0.25, -0.2) is 0 Å². The molecule has 3 aromatic carbocycles. The third-order valence-corrected chi connectivity index (χ3v) is 7.23. The van der Waals surface area contributed by atoms with Gasteiger partial charge in [0.25, 0.3) is 11.8 Å². The predicted octanol–water partition coefficient (Wildman–Crippen LogP) is 4.77. The van der Waals surface area contributed by atoms with Crippen LogP contribution in [0, 0.1) is 0 Å². The van der Waals surface area contributed by atoms with Gasteiger partial charge in [0.05, 0.1) is 19.8 Å². The number of fused-ring (bicyclic) bond motifs is 1. The maximum atomic E-state index is 13.1. The van der Waals surface area contributed by atoms with Crippen LogP contribution in [-0.2, 0) is 12.8 Å². The smallest absolute Gasteiger partial charge is 0.269 e. The van der Waals surface area contributed by atoms with Crippen molar-refractivity contribution >= 4 is 17.6 Å². The molecule has 1 atom stereocenters. The zero-order valence-corrected chi connectivity index (χ0v) is 23.6. The van der Waals surface area contributed by atoms with Gasteiger partial charge in [0, 0.05) is 36.5 Å². The van der Waals surface area contributed by atoms with Gasteiger partial charge in [0.15, 0.2) is 5.78 Å². The molecular weight excluding hydrogens is 534 g/mol. The Morgan fingerprint density at radius 3 is 2.26 bits per heavy atom. The van der Waals surface area contributed by atoms with Crippen molar-refractivity contribution in [3.05, 3.63) is 113 Å². The molecule has 0 spiro atoms. The van der Waals surface area contributed by atoms with Gasteiger partial charge < -0.3 is 24.8 Å². The Balaban J connectivity index is 1.24. The molecule has 9 nitrogen and oxygen atoms in total. The van der Waals surface area contributed by atoms with Crippen molar-refractivity contribution in [1.82, 2.24) is 15.6 Å². The van der Waals surface area contributed by atoms with E-state index in [4.69, 9.17) is 14.2 Å². The first-order chi connectivity index (χ1) is 20.4. The summed E-state index contributed by atoms with van der Waals surface area (Å²) in [5, 5.41) is 5.68. The minimum absolute atomic E-state index is 0.0524. The molecule has 9 heteroatoms. The Morgan fingerprint density at radius 1 is 0.786 bits per heavy atom. The minimum Gasteiger partial charge on any atom is -0.497 e. The molecule has 4 aromatic rings. The number of hydrogen-bond donors (Lipinski definition) is 2. The first-order valence-electron chi connectivity index (χ1n) is 13.5. The fourth-order valence-corrected chi connectivity index (χ4v) is 4.97. The van der Waals surface area contributed by atoms with E-state index in [0.29, 0.717) is 46.1 Å². The van der Waals surface area contributed by atoms with E-state index < -0.39 is 0 Å². The molecule has 0 saturated carbocycles. The molecule has 0 aliphatic heterocycles. The number of carbonyl (C=O) groups excluding carboxylic acids is 3. The Morgan fingerprint density at radius 2 is 1.52 bits per heavy atom. The first kappa shape index (κ1) is 28.4. The second kappa shape index (κ2) is 12.6. The Hall–Kier alpha value is -5.18. The quantitative estimate of drug-likeness (QED) is 0.281. The lowest BCUT2D eigenvalue weighted by Crippen LogP contribution is -2.38. The second-order valence-corrected chi connectivity index (χ2v) is 9.87. The highest BCUT2D eigenvalue weighted by atomic mass is 16.5. The SMILES string of the molecule is CNC(=O)c1cc(Oc2ccc3c(c2)CC(NC(=O)c2ccc(C(=O)c4cc(OC)ccc4OC)cc2)CC3)ccn1. The summed E-state index contributed by atoms with van der Waals surface area (Å²) >= 11 is 0. The number of rotatable bonds is 9. The zero-order valence-electron chi connectivity index (χ0n) is 23.6. The van der Waals surface area contributed by atoms with Crippen LogP contribution in [0.2, 0.25) is 0 Å². The molecule has 2 amide bonds. The van der Waals surface area contributed by atoms with E-state index in [1.54, 1.807) is 61.6 Å². The number of methoxy groups -OCH3 is 2. The molecule has 0 bridgehead atoms. The average Bonchev–Trinajstić information content (AvgIpc) is 3.03. The van der Waals surface area contributed by atoms with Crippen LogP contribution >= 0.6 is 0 Å². The maximum Gasteiger partial charge on any atom is 0.269 e. The third kappa shape index (κ3) is 6.25. The number of aryl methyl sites for hydroxylation is 1. The maximum absolute atomic E-state index is 13.1. The van der Waals surface area contributed by atoms with Crippen molar-refractivity contribution in [2.24, 2.45) is 0 Å². The number of carbonyl (C=O) groups is 3. The van der Waals surface area contributed by atoms with E-state index in [-0.39, 0.29) is 29.3 Å². The first-order valence-corrected chi connectivity index (χ1v) is 13.5. The molecule has 1 aliphatic rings. The van der Waals surface area contributed by atoms with Crippen LogP contribution in [-0.4, -0.2) is 49.9 Å². The van der Waals surface area contributed by atoms with E-state index in [0.717, 1.165) is 18.4 Å². The molecule has 5 rings (SSSR count). The fraction of sp³-hybridized carbons (Fsp3) is 0.212. The summed E-state index contributed by atoms with van der Waals surface area (Å²) in [4.78, 5) is 42.2. The largest absolute Gasteiger partial charge is 0.497 e. The molecule has 0 saturated heterocycles. The highest BCUT2D eigenvalue weighted by Crippen LogP contribution is 2.29. The summed E-state index contributed by atoms with van der Waals surface area (Å²) in [5.74, 6) is 1.43. The second-order valence-electron chi connectivity index (χ2n) is 9.87. The van der Waals surface area contributed by atoms with Crippen molar-refractivity contribution in [3.63, 3.8) is 0 Å². The number of aromatic nitrogens is 1. The van der Waals surface area contributed by atoms with E-state index in [1.807, 2.05) is 18.2 Å². The number of ether oxygens (including phenoxy) is 3. The Bertz CT molecular complexity index is 1630. The van der Waals surface area contributed by atoms with Gasteiger partial charge in [-0.2, -0.15) is 0 Å². The summed E-state index contributed by atoms with van der Waals surface area (Å²) in [5.41, 5.74) is 3.87. The van der Waals surface area contributed by atoms with Crippen molar-refractivity contribution < 1.29 is 28.6 Å². The lowest BCUT2D eigenvalue weighted by molar-refractivity contribution is 0.0930. The van der Waals surface area contributed by atoms with Crippen LogP contribution in [0.15, 0.2) is 79.0 Å². The van der Waals surface area contributed by atoms with Gasteiger partial charge in [-0.3, -0.25) is 19.4 Å². The minimum atomic E-state index is -0.289. The average molecular weight is 566 g/mol.